The topological polar surface area (TPSA) is 87.8 Å². The van der Waals surface area contributed by atoms with Crippen molar-refractivity contribution in [1.82, 2.24) is 9.78 Å². The van der Waals surface area contributed by atoms with Crippen molar-refractivity contribution in [2.24, 2.45) is 7.05 Å². The number of aryl methyl sites for hydroxylation is 1. The van der Waals surface area contributed by atoms with Crippen LogP contribution in [0.15, 0.2) is 0 Å². The fourth-order valence-corrected chi connectivity index (χ4v) is 2.05. The van der Waals surface area contributed by atoms with Gasteiger partial charge in [0.05, 0.1) is 11.9 Å². The summed E-state index contributed by atoms with van der Waals surface area (Å²) < 4.78 is 25.9. The molecule has 16 heavy (non-hydrogen) atoms. The van der Waals surface area contributed by atoms with E-state index >= 15 is 0 Å². The van der Waals surface area contributed by atoms with Crippen LogP contribution in [0.4, 0.5) is 5.82 Å². The van der Waals surface area contributed by atoms with Crippen LogP contribution in [0.2, 0.25) is 0 Å². The molecule has 1 rings (SSSR count). The van der Waals surface area contributed by atoms with Gasteiger partial charge in [-0.2, -0.15) is 10.4 Å². The molecule has 0 unspecified atom stereocenters. The summed E-state index contributed by atoms with van der Waals surface area (Å²) >= 11 is 0. The summed E-state index contributed by atoms with van der Waals surface area (Å²) in [6, 6.07) is 1.98. The number of rotatable bonds is 3. The van der Waals surface area contributed by atoms with Crippen molar-refractivity contribution < 1.29 is 8.42 Å². The highest BCUT2D eigenvalue weighted by Gasteiger charge is 2.20. The molecule has 0 spiro atoms. The second-order valence-corrected chi connectivity index (χ2v) is 5.62. The molecule has 0 bridgehead atoms. The van der Waals surface area contributed by atoms with E-state index in [0.717, 1.165) is 6.26 Å². The van der Waals surface area contributed by atoms with Gasteiger partial charge < -0.3 is 0 Å². The molecule has 0 saturated carbocycles. The van der Waals surface area contributed by atoms with E-state index in [0.29, 0.717) is 5.69 Å². The number of aromatic nitrogens is 2. The van der Waals surface area contributed by atoms with Gasteiger partial charge in [-0.1, -0.05) is 13.8 Å². The van der Waals surface area contributed by atoms with E-state index in [1.165, 1.54) is 4.68 Å². The van der Waals surface area contributed by atoms with Gasteiger partial charge in [0.1, 0.15) is 11.6 Å². The Bertz CT molecular complexity index is 537. The molecule has 7 heteroatoms. The van der Waals surface area contributed by atoms with Gasteiger partial charge in [0.25, 0.3) is 0 Å². The first-order chi connectivity index (χ1) is 7.26. The minimum Gasteiger partial charge on any atom is -0.269 e. The van der Waals surface area contributed by atoms with Crippen LogP contribution in [0.3, 0.4) is 0 Å². The van der Waals surface area contributed by atoms with Gasteiger partial charge in [0.2, 0.25) is 10.0 Å². The summed E-state index contributed by atoms with van der Waals surface area (Å²) in [6.07, 6.45) is 1.03. The normalized spacial score (nSPS) is 11.5. The molecule has 0 fully saturated rings. The number of sulfonamides is 1. The minimum absolute atomic E-state index is 0.0937. The first kappa shape index (κ1) is 12.5. The molecule has 0 aliphatic rings. The Morgan fingerprint density at radius 3 is 2.44 bits per heavy atom. The highest BCUT2D eigenvalue weighted by Crippen LogP contribution is 2.24. The lowest BCUT2D eigenvalue weighted by atomic mass is 10.1. The standard InChI is InChI=1S/C9H14N4O2S/c1-6(2)8-7(5-10)9(11-13(8)3)12-16(4,14)15/h6H,1-4H3,(H,11,12). The molecule has 0 atom stereocenters. The third-order valence-corrected chi connectivity index (χ3v) is 2.60. The van der Waals surface area contributed by atoms with Crippen LogP contribution in [-0.2, 0) is 17.1 Å². The lowest BCUT2D eigenvalue weighted by Gasteiger charge is -2.04. The van der Waals surface area contributed by atoms with Crippen molar-refractivity contribution in [3.63, 3.8) is 0 Å². The average Bonchev–Trinajstić information content (AvgIpc) is 2.38. The van der Waals surface area contributed by atoms with Gasteiger partial charge in [-0.05, 0) is 5.92 Å². The van der Waals surface area contributed by atoms with Crippen LogP contribution in [-0.4, -0.2) is 24.5 Å². The predicted octanol–water partition coefficient (Wildman–Crippen LogP) is 0.787. The number of anilines is 1. The molecule has 6 nitrogen and oxygen atoms in total. The van der Waals surface area contributed by atoms with E-state index in [4.69, 9.17) is 5.26 Å². The second kappa shape index (κ2) is 4.14. The smallest absolute Gasteiger partial charge is 0.231 e. The number of nitrogens with zero attached hydrogens (tertiary/aromatic N) is 3. The summed E-state index contributed by atoms with van der Waals surface area (Å²) in [5, 5.41) is 13.0. The van der Waals surface area contributed by atoms with Crippen molar-refractivity contribution >= 4 is 15.8 Å². The molecule has 1 heterocycles. The molecular weight excluding hydrogens is 228 g/mol. The van der Waals surface area contributed by atoms with Gasteiger partial charge >= 0.3 is 0 Å². The Kier molecular flexibility index (Phi) is 3.24. The molecule has 1 aromatic heterocycles. The Labute approximate surface area is 94.9 Å². The van der Waals surface area contributed by atoms with E-state index in [2.05, 4.69) is 9.82 Å². The van der Waals surface area contributed by atoms with E-state index in [9.17, 15) is 8.42 Å². The zero-order valence-corrected chi connectivity index (χ0v) is 10.5. The van der Waals surface area contributed by atoms with E-state index < -0.39 is 10.0 Å². The van der Waals surface area contributed by atoms with Crippen molar-refractivity contribution in [2.75, 3.05) is 11.0 Å². The highest BCUT2D eigenvalue weighted by atomic mass is 32.2. The largest absolute Gasteiger partial charge is 0.269 e. The Hall–Kier alpha value is -1.55. The van der Waals surface area contributed by atoms with Crippen LogP contribution in [0.25, 0.3) is 0 Å². The van der Waals surface area contributed by atoms with Crippen LogP contribution in [0.1, 0.15) is 31.0 Å². The van der Waals surface area contributed by atoms with Gasteiger partial charge in [-0.3, -0.25) is 9.40 Å². The third kappa shape index (κ3) is 2.52. The van der Waals surface area contributed by atoms with Crippen LogP contribution in [0, 0.1) is 11.3 Å². The van der Waals surface area contributed by atoms with Crippen molar-refractivity contribution in [2.45, 2.75) is 19.8 Å². The Morgan fingerprint density at radius 2 is 2.06 bits per heavy atom. The lowest BCUT2D eigenvalue weighted by Crippen LogP contribution is -2.11. The SMILES string of the molecule is CC(C)c1c(C#N)c(NS(C)(=O)=O)nn1C. The van der Waals surface area contributed by atoms with Gasteiger partial charge in [-0.15, -0.1) is 0 Å². The van der Waals surface area contributed by atoms with Gasteiger partial charge in [0, 0.05) is 7.05 Å². The van der Waals surface area contributed by atoms with Crippen LogP contribution in [0.5, 0.6) is 0 Å². The number of hydrogen-bond acceptors (Lipinski definition) is 4. The molecule has 0 radical (unpaired) electrons. The maximum atomic E-state index is 11.1. The monoisotopic (exact) mass is 242 g/mol. The molecule has 0 aliphatic carbocycles. The van der Waals surface area contributed by atoms with E-state index in [-0.39, 0.29) is 17.3 Å². The Morgan fingerprint density at radius 1 is 1.50 bits per heavy atom. The minimum atomic E-state index is -3.42. The van der Waals surface area contributed by atoms with Crippen molar-refractivity contribution in [3.8, 4) is 6.07 Å². The molecule has 1 N–H and O–H groups in total. The maximum Gasteiger partial charge on any atom is 0.231 e. The Balaban J connectivity index is 3.34. The summed E-state index contributed by atoms with van der Waals surface area (Å²) in [4.78, 5) is 0. The summed E-state index contributed by atoms with van der Waals surface area (Å²) in [6.45, 7) is 3.84. The molecule has 0 aliphatic heterocycles. The van der Waals surface area contributed by atoms with Gasteiger partial charge in [0.15, 0.2) is 5.82 Å². The van der Waals surface area contributed by atoms with Crippen molar-refractivity contribution in [3.05, 3.63) is 11.3 Å². The molecule has 0 amide bonds. The number of hydrogen-bond donors (Lipinski definition) is 1. The average molecular weight is 242 g/mol. The lowest BCUT2D eigenvalue weighted by molar-refractivity contribution is 0.606. The predicted molar refractivity (Wildman–Crippen MR) is 60.5 cm³/mol. The summed E-state index contributed by atoms with van der Waals surface area (Å²) in [5.41, 5.74) is 0.997. The number of nitrogens with one attached hydrogen (secondary N) is 1. The fraction of sp³-hybridized carbons (Fsp3) is 0.556. The van der Waals surface area contributed by atoms with Gasteiger partial charge in [-0.25, -0.2) is 8.42 Å². The first-order valence-corrected chi connectivity index (χ1v) is 6.60. The third-order valence-electron chi connectivity index (χ3n) is 2.03. The molecule has 1 aromatic rings. The van der Waals surface area contributed by atoms with Crippen LogP contribution < -0.4 is 4.72 Å². The zero-order valence-electron chi connectivity index (χ0n) is 9.64. The maximum absolute atomic E-state index is 11.1. The molecule has 0 aromatic carbocycles. The molecule has 88 valence electrons. The van der Waals surface area contributed by atoms with E-state index in [1.54, 1.807) is 7.05 Å². The summed E-state index contributed by atoms with van der Waals surface area (Å²) in [5.74, 6) is 0.193. The highest BCUT2D eigenvalue weighted by molar-refractivity contribution is 7.92. The fourth-order valence-electron chi connectivity index (χ4n) is 1.56. The second-order valence-electron chi connectivity index (χ2n) is 3.87. The first-order valence-electron chi connectivity index (χ1n) is 4.71. The number of nitriles is 1. The quantitative estimate of drug-likeness (QED) is 0.848. The molecular formula is C9H14N4O2S. The molecule has 0 saturated heterocycles. The summed E-state index contributed by atoms with van der Waals surface area (Å²) in [7, 11) is -1.73. The van der Waals surface area contributed by atoms with E-state index in [1.807, 2.05) is 19.9 Å². The van der Waals surface area contributed by atoms with Crippen molar-refractivity contribution in [1.29, 1.82) is 5.26 Å². The van der Waals surface area contributed by atoms with Crippen LogP contribution >= 0.6 is 0 Å². The zero-order chi connectivity index (χ0) is 12.5.